The summed E-state index contributed by atoms with van der Waals surface area (Å²) in [5.74, 6) is -3.37. The first kappa shape index (κ1) is 36.9. The van der Waals surface area contributed by atoms with Crippen LogP contribution in [0.25, 0.3) is 5.69 Å². The molecule has 2 aliphatic rings. The number of nitrogens with one attached hydrogen (secondary N) is 2. The number of alkyl halides is 5. The first-order valence-corrected chi connectivity index (χ1v) is 16.3. The highest BCUT2D eigenvalue weighted by Crippen LogP contribution is 2.32. The number of hydrogen-bond donors (Lipinski definition) is 2. The molecule has 1 unspecified atom stereocenters. The van der Waals surface area contributed by atoms with Gasteiger partial charge in [0, 0.05) is 55.7 Å². The monoisotopic (exact) mass is 708 g/mol. The van der Waals surface area contributed by atoms with E-state index in [2.05, 4.69) is 22.3 Å². The van der Waals surface area contributed by atoms with E-state index in [4.69, 9.17) is 0 Å². The van der Waals surface area contributed by atoms with Crippen LogP contribution in [0.1, 0.15) is 40.4 Å². The SMILES string of the molecule is C=C(CN1CCC(F)(F)C1)C(=O)NCc1ccccc1.CCN1C(=O)C(NC(=O)c2cccc(C(F)(F)F)c2)Cc2cnn(-c3ccccc3)c21. The van der Waals surface area contributed by atoms with Gasteiger partial charge in [-0.25, -0.2) is 13.5 Å². The smallest absolute Gasteiger partial charge is 0.348 e. The van der Waals surface area contributed by atoms with Gasteiger partial charge in [-0.05, 0) is 42.8 Å². The molecule has 4 aromatic rings. The van der Waals surface area contributed by atoms with Crippen LogP contribution in [0.4, 0.5) is 27.8 Å². The number of hydrogen-bond acceptors (Lipinski definition) is 5. The Morgan fingerprint density at radius 1 is 1.00 bits per heavy atom. The second-order valence-electron chi connectivity index (χ2n) is 12.2. The molecule has 14 heteroatoms. The Morgan fingerprint density at radius 2 is 1.69 bits per heavy atom. The van der Waals surface area contributed by atoms with Gasteiger partial charge in [0.05, 0.1) is 24.0 Å². The molecule has 0 radical (unpaired) electrons. The van der Waals surface area contributed by atoms with Crippen molar-refractivity contribution in [3.63, 3.8) is 0 Å². The van der Waals surface area contributed by atoms with Gasteiger partial charge in [0.25, 0.3) is 17.7 Å². The van der Waals surface area contributed by atoms with E-state index in [0.717, 1.165) is 28.9 Å². The maximum atomic E-state index is 13.1. The van der Waals surface area contributed by atoms with E-state index < -0.39 is 29.6 Å². The normalized spacial score (nSPS) is 16.9. The number of halogens is 5. The highest BCUT2D eigenvalue weighted by Gasteiger charge is 2.39. The minimum absolute atomic E-state index is 0.147. The summed E-state index contributed by atoms with van der Waals surface area (Å²) in [7, 11) is 0. The maximum Gasteiger partial charge on any atom is 0.416 e. The lowest BCUT2D eigenvalue weighted by Gasteiger charge is -2.32. The minimum Gasteiger partial charge on any atom is -0.348 e. The molecule has 3 amide bonds. The van der Waals surface area contributed by atoms with Crippen LogP contribution in [-0.2, 0) is 28.7 Å². The molecule has 1 fully saturated rings. The summed E-state index contributed by atoms with van der Waals surface area (Å²) in [5, 5.41) is 9.72. The van der Waals surface area contributed by atoms with Crippen LogP contribution in [0.2, 0.25) is 0 Å². The van der Waals surface area contributed by atoms with E-state index >= 15 is 0 Å². The Bertz CT molecular complexity index is 1860. The summed E-state index contributed by atoms with van der Waals surface area (Å²) in [6.45, 7) is 6.45. The molecule has 51 heavy (non-hydrogen) atoms. The van der Waals surface area contributed by atoms with Crippen LogP contribution >= 0.6 is 0 Å². The van der Waals surface area contributed by atoms with Gasteiger partial charge in [-0.2, -0.15) is 18.3 Å². The number of aromatic nitrogens is 2. The molecule has 268 valence electrons. The Hall–Kier alpha value is -5.37. The average molecular weight is 709 g/mol. The minimum atomic E-state index is -4.56. The lowest BCUT2D eigenvalue weighted by atomic mass is 10.0. The van der Waals surface area contributed by atoms with Crippen molar-refractivity contribution in [3.8, 4) is 5.69 Å². The Balaban J connectivity index is 0.000000218. The van der Waals surface area contributed by atoms with Crippen LogP contribution in [0, 0.1) is 0 Å². The molecule has 6 rings (SSSR count). The fourth-order valence-corrected chi connectivity index (χ4v) is 5.85. The van der Waals surface area contributed by atoms with Gasteiger partial charge < -0.3 is 10.6 Å². The van der Waals surface area contributed by atoms with Gasteiger partial charge in [-0.1, -0.05) is 61.2 Å². The summed E-state index contributed by atoms with van der Waals surface area (Å²) in [5.41, 5.74) is 1.79. The Labute approximate surface area is 291 Å². The lowest BCUT2D eigenvalue weighted by Crippen LogP contribution is -2.53. The molecule has 1 aromatic heterocycles. The first-order valence-electron chi connectivity index (χ1n) is 16.3. The van der Waals surface area contributed by atoms with E-state index in [-0.39, 0.29) is 43.3 Å². The molecule has 3 heterocycles. The molecule has 0 saturated carbocycles. The number of benzene rings is 3. The van der Waals surface area contributed by atoms with Crippen molar-refractivity contribution >= 4 is 23.5 Å². The Morgan fingerprint density at radius 3 is 2.31 bits per heavy atom. The van der Waals surface area contributed by atoms with Crippen LogP contribution in [-0.4, -0.2) is 70.5 Å². The van der Waals surface area contributed by atoms with Crippen LogP contribution < -0.4 is 15.5 Å². The van der Waals surface area contributed by atoms with Crippen molar-refractivity contribution in [2.24, 2.45) is 0 Å². The number of carbonyl (C=O) groups is 3. The van der Waals surface area contributed by atoms with Crippen LogP contribution in [0.3, 0.4) is 0 Å². The number of anilines is 1. The van der Waals surface area contributed by atoms with Gasteiger partial charge >= 0.3 is 6.18 Å². The number of rotatable bonds is 9. The third-order valence-corrected chi connectivity index (χ3v) is 8.42. The summed E-state index contributed by atoms with van der Waals surface area (Å²) < 4.78 is 66.6. The first-order chi connectivity index (χ1) is 24.3. The maximum absolute atomic E-state index is 13.1. The largest absolute Gasteiger partial charge is 0.416 e. The zero-order chi connectivity index (χ0) is 36.8. The predicted octanol–water partition coefficient (Wildman–Crippen LogP) is 5.80. The molecule has 0 aliphatic carbocycles. The van der Waals surface area contributed by atoms with Crippen molar-refractivity contribution in [1.82, 2.24) is 25.3 Å². The lowest BCUT2D eigenvalue weighted by molar-refractivity contribution is -0.137. The highest BCUT2D eigenvalue weighted by atomic mass is 19.4. The van der Waals surface area contributed by atoms with E-state index in [0.29, 0.717) is 31.0 Å². The zero-order valence-electron chi connectivity index (χ0n) is 27.8. The van der Waals surface area contributed by atoms with Crippen LogP contribution in [0.15, 0.2) is 103 Å². The number of carbonyl (C=O) groups excluding carboxylic acids is 3. The molecule has 2 aliphatic heterocycles. The molecule has 1 saturated heterocycles. The van der Waals surface area contributed by atoms with Gasteiger partial charge in [0.15, 0.2) is 0 Å². The highest BCUT2D eigenvalue weighted by molar-refractivity contribution is 6.04. The second kappa shape index (κ2) is 15.7. The molecule has 2 N–H and O–H groups in total. The Kier molecular flexibility index (Phi) is 11.3. The number of para-hydroxylation sites is 1. The zero-order valence-corrected chi connectivity index (χ0v) is 27.8. The van der Waals surface area contributed by atoms with Crippen molar-refractivity contribution in [2.45, 2.75) is 44.5 Å². The summed E-state index contributed by atoms with van der Waals surface area (Å²) in [4.78, 5) is 40.6. The third-order valence-electron chi connectivity index (χ3n) is 8.42. The van der Waals surface area contributed by atoms with Gasteiger partial charge in [0.2, 0.25) is 5.91 Å². The van der Waals surface area contributed by atoms with E-state index in [1.165, 1.54) is 17.0 Å². The van der Waals surface area contributed by atoms with Crippen molar-refractivity contribution < 1.29 is 36.3 Å². The second-order valence-corrected chi connectivity index (χ2v) is 12.2. The molecule has 1 atom stereocenters. The van der Waals surface area contributed by atoms with Gasteiger partial charge in [-0.15, -0.1) is 0 Å². The standard InChI is InChI=1S/C22H19F3N4O2.C15H18F2N2O/c1-2-28-20-15(13-26-29(20)17-9-4-3-5-10-17)12-18(21(28)31)27-19(30)14-7-6-8-16(11-14)22(23,24)25;1-12(10-19-8-7-15(16,17)11-19)14(20)18-9-13-5-3-2-4-6-13/h3-11,13,18H,2,12H2,1H3,(H,27,30);2-6H,1,7-11H2,(H,18,20). The number of likely N-dealkylation sites (N-methyl/N-ethyl adjacent to an activating group) is 1. The number of nitrogens with zero attached hydrogens (tertiary/aromatic N) is 4. The summed E-state index contributed by atoms with van der Waals surface area (Å²) in [6, 6.07) is 22.1. The molecule has 0 bridgehead atoms. The third kappa shape index (κ3) is 9.25. The summed E-state index contributed by atoms with van der Waals surface area (Å²) >= 11 is 0. The topological polar surface area (TPSA) is 99.6 Å². The molecule has 9 nitrogen and oxygen atoms in total. The van der Waals surface area contributed by atoms with E-state index in [9.17, 15) is 36.3 Å². The quantitative estimate of drug-likeness (QED) is 0.169. The van der Waals surface area contributed by atoms with Crippen molar-refractivity contribution in [1.29, 1.82) is 0 Å². The number of likely N-dealkylation sites (tertiary alicyclic amines) is 1. The van der Waals surface area contributed by atoms with Crippen LogP contribution in [0.5, 0.6) is 0 Å². The van der Waals surface area contributed by atoms with E-state index in [1.54, 1.807) is 22.7 Å². The van der Waals surface area contributed by atoms with Gasteiger partial charge in [0.1, 0.15) is 11.9 Å². The van der Waals surface area contributed by atoms with Crippen molar-refractivity contribution in [3.05, 3.63) is 126 Å². The molecular weight excluding hydrogens is 671 g/mol. The fourth-order valence-electron chi connectivity index (χ4n) is 5.85. The van der Waals surface area contributed by atoms with E-state index in [1.807, 2.05) is 60.7 Å². The fraction of sp³-hybridized carbons (Fsp3) is 0.297. The average Bonchev–Trinajstić information content (AvgIpc) is 3.70. The number of amides is 3. The number of fused-ring (bicyclic) bond motifs is 1. The molecular formula is C37H37F5N6O3. The van der Waals surface area contributed by atoms with Gasteiger partial charge in [-0.3, -0.25) is 24.2 Å². The predicted molar refractivity (Wildman–Crippen MR) is 181 cm³/mol. The molecule has 0 spiro atoms. The summed E-state index contributed by atoms with van der Waals surface area (Å²) in [6.07, 6.45) is -2.87. The molecule has 3 aromatic carbocycles. The van der Waals surface area contributed by atoms with Crippen molar-refractivity contribution in [2.75, 3.05) is 31.1 Å².